The molecule has 5 heavy (non-hydrogen) atoms. The van der Waals surface area contributed by atoms with Gasteiger partial charge in [-0.05, 0) is 0 Å². The van der Waals surface area contributed by atoms with E-state index in [1.807, 2.05) is 0 Å². The van der Waals surface area contributed by atoms with E-state index in [2.05, 4.69) is 39.0 Å². The normalized spacial score (nSPS) is 4.40. The quantitative estimate of drug-likeness (QED) is 0.488. The van der Waals surface area contributed by atoms with Gasteiger partial charge in [-0.2, -0.15) is 0 Å². The third-order valence-corrected chi connectivity index (χ3v) is 0. The maximum absolute atomic E-state index is 2.33. The van der Waals surface area contributed by atoms with Crippen LogP contribution in [-0.4, -0.2) is 0 Å². The zero-order valence-electron chi connectivity index (χ0n) is 2.49. The third-order valence-electron chi connectivity index (χ3n) is 0. The van der Waals surface area contributed by atoms with Crippen molar-refractivity contribution in [1.82, 2.24) is 12.3 Å². The predicted octanol–water partition coefficient (Wildman–Crippen LogP) is 2.09. The molecule has 0 aliphatic carbocycles. The van der Waals surface area contributed by atoms with Crippen LogP contribution in [0.1, 0.15) is 0 Å². The van der Waals surface area contributed by atoms with E-state index in [4.69, 9.17) is 0 Å². The summed E-state index contributed by atoms with van der Waals surface area (Å²) in [6, 6.07) is 0. The van der Waals surface area contributed by atoms with Gasteiger partial charge >= 0.3 is 49.8 Å². The first-order valence-corrected chi connectivity index (χ1v) is 9.49. The van der Waals surface area contributed by atoms with Crippen molar-refractivity contribution in [2.24, 2.45) is 0 Å². The van der Waals surface area contributed by atoms with Crippen LogP contribution < -0.4 is 12.3 Å². The van der Waals surface area contributed by atoms with Crippen LogP contribution in [0, 0.1) is 0 Å². The Morgan fingerprint density at radius 2 is 1.00 bits per heavy atom. The Bertz CT molecular complexity index is 7.61. The van der Waals surface area contributed by atoms with E-state index in [0.29, 0.717) is 0 Å². The summed E-state index contributed by atoms with van der Waals surface area (Å²) in [7, 11) is 0.890. The molecule has 40 valence electrons. The molecule has 5 heteroatoms. The van der Waals surface area contributed by atoms with Crippen molar-refractivity contribution >= 4 is 39.0 Å². The van der Waals surface area contributed by atoms with Gasteiger partial charge in [-0.15, -0.1) is 0 Å². The molecule has 0 aliphatic heterocycles. The summed E-state index contributed by atoms with van der Waals surface area (Å²) in [6.45, 7) is 0. The van der Waals surface area contributed by atoms with Crippen molar-refractivity contribution in [2.75, 3.05) is 0 Å². The number of hydrogen-bond acceptors (Lipinski definition) is 2. The number of halogens is 2. The molecular weight excluding hydrogens is 388 g/mol. The fourth-order valence-corrected chi connectivity index (χ4v) is 0. The molecule has 0 amide bonds. The monoisotopic (exact) mass is 394 g/mol. The molecule has 0 bridgehead atoms. The van der Waals surface area contributed by atoms with Crippen molar-refractivity contribution in [3.63, 3.8) is 0 Å². The van der Waals surface area contributed by atoms with Crippen molar-refractivity contribution in [3.8, 4) is 0 Å². The molecule has 0 heterocycles. The Morgan fingerprint density at radius 1 is 1.00 bits per heavy atom. The van der Waals surface area contributed by atoms with Gasteiger partial charge in [0.25, 0.3) is 0 Å². The third kappa shape index (κ3) is 23.7. The fourth-order valence-electron chi connectivity index (χ4n) is 0. The van der Waals surface area contributed by atoms with E-state index in [-0.39, 0.29) is 12.3 Å². The second-order valence-corrected chi connectivity index (χ2v) is 12.0. The van der Waals surface area contributed by atoms with Gasteiger partial charge in [0.15, 0.2) is 0 Å². The Balaban J connectivity index is -0.0000000200. The van der Waals surface area contributed by atoms with Gasteiger partial charge < -0.3 is 12.3 Å². The molecule has 0 unspecified atom stereocenters. The molecule has 0 aromatic carbocycles. The Kier molecular flexibility index (Phi) is 52.2. The van der Waals surface area contributed by atoms with Gasteiger partial charge in [-0.3, -0.25) is 0 Å². The van der Waals surface area contributed by atoms with E-state index in [1.54, 1.807) is 0 Å². The first kappa shape index (κ1) is 15.7. The molecule has 2 nitrogen and oxygen atoms in total. The first-order valence-electron chi connectivity index (χ1n) is 0.239. The van der Waals surface area contributed by atoms with Gasteiger partial charge in [0.1, 0.15) is 0 Å². The van der Waals surface area contributed by atoms with E-state index < -0.39 is 0 Å². The summed E-state index contributed by atoms with van der Waals surface area (Å²) < 4.78 is 0. The van der Waals surface area contributed by atoms with E-state index in [9.17, 15) is 0 Å². The van der Waals surface area contributed by atoms with Gasteiger partial charge in [0.05, 0.1) is 0 Å². The summed E-state index contributed by atoms with van der Waals surface area (Å²) >= 11 is 4.65. The molecule has 0 radical (unpaired) electrons. The van der Waals surface area contributed by atoms with Crippen LogP contribution in [-0.2, 0) is 10.8 Å². The van der Waals surface area contributed by atoms with Crippen LogP contribution in [0.25, 0.3) is 0 Å². The first-order chi connectivity index (χ1) is 1.41. The molecule has 0 atom stereocenters. The van der Waals surface area contributed by atoms with E-state index >= 15 is 0 Å². The molecule has 0 saturated carbocycles. The molecule has 0 aromatic heterocycles. The standard InChI is InChI=1S/2HI.2H3N.Pd/h2*1H;2*1H3;/q;;;;+2/p-2. The molecule has 6 N–H and O–H groups in total. The van der Waals surface area contributed by atoms with E-state index in [0.717, 1.165) is 10.8 Å². The van der Waals surface area contributed by atoms with Crippen molar-refractivity contribution < 1.29 is 10.8 Å². The summed E-state index contributed by atoms with van der Waals surface area (Å²) in [5.74, 6) is 0. The molecule has 0 saturated heterocycles. The van der Waals surface area contributed by atoms with Crippen molar-refractivity contribution in [1.29, 1.82) is 0 Å². The predicted molar refractivity (Wildman–Crippen MR) is 38.1 cm³/mol. The number of rotatable bonds is 0. The van der Waals surface area contributed by atoms with Crippen LogP contribution in [0.5, 0.6) is 0 Å². The van der Waals surface area contributed by atoms with Gasteiger partial charge in [0.2, 0.25) is 0 Å². The van der Waals surface area contributed by atoms with Crippen LogP contribution in [0.2, 0.25) is 0 Å². The van der Waals surface area contributed by atoms with Crippen LogP contribution in [0.15, 0.2) is 0 Å². The molecule has 0 aromatic rings. The van der Waals surface area contributed by atoms with Gasteiger partial charge in [0, 0.05) is 0 Å². The molecule has 0 fully saturated rings. The van der Waals surface area contributed by atoms with Crippen LogP contribution in [0.3, 0.4) is 0 Å². The molecular formula is H6I2N2Pd. The second kappa shape index (κ2) is 16.6. The molecule has 0 spiro atoms. The second-order valence-electron chi connectivity index (χ2n) is 0.0452. The summed E-state index contributed by atoms with van der Waals surface area (Å²) in [6.07, 6.45) is 0. The van der Waals surface area contributed by atoms with Gasteiger partial charge in [-0.25, -0.2) is 0 Å². The fraction of sp³-hybridized carbons (Fsp3) is 0. The van der Waals surface area contributed by atoms with E-state index in [1.165, 1.54) is 0 Å². The Labute approximate surface area is 61.1 Å². The summed E-state index contributed by atoms with van der Waals surface area (Å²) in [4.78, 5) is 0. The summed E-state index contributed by atoms with van der Waals surface area (Å²) in [5.41, 5.74) is 0. The molecule has 0 rings (SSSR count). The topological polar surface area (TPSA) is 70.0 Å². The SMILES string of the molecule is N.N.[I][Pd][I]. The zero-order valence-corrected chi connectivity index (χ0v) is 8.36. The van der Waals surface area contributed by atoms with Crippen LogP contribution >= 0.6 is 39.0 Å². The number of hydrogen-bond donors (Lipinski definition) is 2. The van der Waals surface area contributed by atoms with Crippen LogP contribution in [0.4, 0.5) is 0 Å². The van der Waals surface area contributed by atoms with Crippen molar-refractivity contribution in [3.05, 3.63) is 0 Å². The zero-order chi connectivity index (χ0) is 2.71. The van der Waals surface area contributed by atoms with Gasteiger partial charge in [-0.1, -0.05) is 0 Å². The Morgan fingerprint density at radius 3 is 1.00 bits per heavy atom. The average Bonchev–Trinajstić information content (AvgIpc) is 0.918. The maximum atomic E-state index is 2.33. The minimum absolute atomic E-state index is 0. The summed E-state index contributed by atoms with van der Waals surface area (Å²) in [5, 5.41) is 0. The average molecular weight is 394 g/mol. The molecule has 0 aliphatic rings. The Hall–Kier alpha value is 2.04. The van der Waals surface area contributed by atoms with Crippen molar-refractivity contribution in [2.45, 2.75) is 0 Å². The minimum atomic E-state index is 0.